The summed E-state index contributed by atoms with van der Waals surface area (Å²) in [5, 5.41) is 8.06. The molecule has 0 aliphatic heterocycles. The zero-order chi connectivity index (χ0) is 14.9. The van der Waals surface area contributed by atoms with Gasteiger partial charge in [-0.3, -0.25) is 4.79 Å². The summed E-state index contributed by atoms with van der Waals surface area (Å²) in [5.74, 6) is 0.422. The van der Waals surface area contributed by atoms with Gasteiger partial charge in [-0.15, -0.1) is 0 Å². The minimum absolute atomic E-state index is 0.0261. The first-order valence-corrected chi connectivity index (χ1v) is 8.32. The molecule has 0 aromatic heterocycles. The summed E-state index contributed by atoms with van der Waals surface area (Å²) >= 11 is 0. The Balaban J connectivity index is 2.26. The Morgan fingerprint density at radius 1 is 1.40 bits per heavy atom. The second-order valence-electron chi connectivity index (χ2n) is 5.46. The summed E-state index contributed by atoms with van der Waals surface area (Å²) in [4.78, 5) is 12.2. The van der Waals surface area contributed by atoms with Gasteiger partial charge >= 0.3 is 0 Å². The molecule has 110 valence electrons. The highest BCUT2D eigenvalue weighted by Crippen LogP contribution is 2.27. The number of sulfonamides is 1. The van der Waals surface area contributed by atoms with E-state index >= 15 is 0 Å². The molecule has 0 bridgehead atoms. The predicted molar refractivity (Wildman–Crippen MR) is 76.8 cm³/mol. The van der Waals surface area contributed by atoms with Gasteiger partial charge in [-0.2, -0.15) is 0 Å². The first kappa shape index (κ1) is 15.0. The number of rotatable bonds is 4. The van der Waals surface area contributed by atoms with Crippen molar-refractivity contribution in [2.45, 2.75) is 44.0 Å². The van der Waals surface area contributed by atoms with Crippen LogP contribution in [0.4, 0.5) is 0 Å². The van der Waals surface area contributed by atoms with Crippen molar-refractivity contribution in [3.63, 3.8) is 0 Å². The fourth-order valence-electron chi connectivity index (χ4n) is 2.54. The SMILES string of the molecule is CCc1ccc(S(N)(=O)=O)cc1C(=O)NC1CC(C)C1. The Bertz CT molecular complexity index is 619. The van der Waals surface area contributed by atoms with Crippen molar-refractivity contribution in [1.29, 1.82) is 0 Å². The lowest BCUT2D eigenvalue weighted by Crippen LogP contribution is -2.43. The minimum Gasteiger partial charge on any atom is -0.349 e. The summed E-state index contributed by atoms with van der Waals surface area (Å²) in [6.07, 6.45) is 2.61. The van der Waals surface area contributed by atoms with E-state index in [-0.39, 0.29) is 16.8 Å². The molecule has 20 heavy (non-hydrogen) atoms. The average molecular weight is 296 g/mol. The number of primary sulfonamides is 1. The number of carbonyl (C=O) groups is 1. The lowest BCUT2D eigenvalue weighted by atomic mass is 9.82. The number of nitrogens with one attached hydrogen (secondary N) is 1. The molecule has 1 amide bonds. The lowest BCUT2D eigenvalue weighted by Gasteiger charge is -2.33. The van der Waals surface area contributed by atoms with Crippen molar-refractivity contribution in [3.8, 4) is 0 Å². The zero-order valence-corrected chi connectivity index (χ0v) is 12.5. The summed E-state index contributed by atoms with van der Waals surface area (Å²) < 4.78 is 22.8. The van der Waals surface area contributed by atoms with Gasteiger partial charge < -0.3 is 5.32 Å². The number of benzene rings is 1. The highest BCUT2D eigenvalue weighted by atomic mass is 32.2. The molecule has 0 unspecified atom stereocenters. The predicted octanol–water partition coefficient (Wildman–Crippen LogP) is 1.42. The molecular formula is C14H20N2O3S. The van der Waals surface area contributed by atoms with Crippen LogP contribution in [-0.4, -0.2) is 20.4 Å². The molecule has 3 N–H and O–H groups in total. The van der Waals surface area contributed by atoms with Crippen LogP contribution in [-0.2, 0) is 16.4 Å². The van der Waals surface area contributed by atoms with E-state index in [0.717, 1.165) is 18.4 Å². The van der Waals surface area contributed by atoms with Crippen molar-refractivity contribution in [3.05, 3.63) is 29.3 Å². The van der Waals surface area contributed by atoms with Gasteiger partial charge in [-0.05, 0) is 42.9 Å². The quantitative estimate of drug-likeness (QED) is 0.880. The van der Waals surface area contributed by atoms with E-state index in [1.165, 1.54) is 12.1 Å². The molecule has 1 aromatic rings. The minimum atomic E-state index is -3.79. The molecule has 0 saturated heterocycles. The summed E-state index contributed by atoms with van der Waals surface area (Å²) in [5.41, 5.74) is 1.22. The van der Waals surface area contributed by atoms with E-state index < -0.39 is 10.0 Å². The molecule has 0 radical (unpaired) electrons. The smallest absolute Gasteiger partial charge is 0.251 e. The molecule has 1 aliphatic rings. The first-order valence-electron chi connectivity index (χ1n) is 6.77. The maximum absolute atomic E-state index is 12.3. The third-order valence-electron chi connectivity index (χ3n) is 3.74. The van der Waals surface area contributed by atoms with Crippen molar-refractivity contribution in [1.82, 2.24) is 5.32 Å². The number of hydrogen-bond acceptors (Lipinski definition) is 3. The van der Waals surface area contributed by atoms with Gasteiger partial charge in [0.1, 0.15) is 0 Å². The number of carbonyl (C=O) groups excluding carboxylic acids is 1. The van der Waals surface area contributed by atoms with Gasteiger partial charge in [0.15, 0.2) is 0 Å². The lowest BCUT2D eigenvalue weighted by molar-refractivity contribution is 0.0895. The number of amides is 1. The van der Waals surface area contributed by atoms with Crippen molar-refractivity contribution in [2.75, 3.05) is 0 Å². The largest absolute Gasteiger partial charge is 0.349 e. The standard InChI is InChI=1S/C14H20N2O3S/c1-3-10-4-5-12(20(15,18)19)8-13(10)14(17)16-11-6-9(2)7-11/h4-5,8-9,11H,3,6-7H2,1-2H3,(H,16,17)(H2,15,18,19). The zero-order valence-electron chi connectivity index (χ0n) is 11.7. The molecule has 1 saturated carbocycles. The third kappa shape index (κ3) is 3.19. The molecule has 2 rings (SSSR count). The van der Waals surface area contributed by atoms with Crippen LogP contribution < -0.4 is 10.5 Å². The summed E-state index contributed by atoms with van der Waals surface area (Å²) in [6, 6.07) is 4.65. The maximum Gasteiger partial charge on any atom is 0.251 e. The van der Waals surface area contributed by atoms with Crippen LogP contribution in [0.2, 0.25) is 0 Å². The van der Waals surface area contributed by atoms with Crippen LogP contribution in [0.1, 0.15) is 42.6 Å². The van der Waals surface area contributed by atoms with Gasteiger partial charge in [-0.25, -0.2) is 13.6 Å². The Kier molecular flexibility index (Phi) is 4.15. The van der Waals surface area contributed by atoms with Crippen LogP contribution in [0, 0.1) is 5.92 Å². The van der Waals surface area contributed by atoms with Gasteiger partial charge in [0.25, 0.3) is 5.91 Å². The highest BCUT2D eigenvalue weighted by molar-refractivity contribution is 7.89. The van der Waals surface area contributed by atoms with Crippen LogP contribution in [0.25, 0.3) is 0 Å². The van der Waals surface area contributed by atoms with Crippen LogP contribution in [0.15, 0.2) is 23.1 Å². The normalized spacial score (nSPS) is 22.1. The second kappa shape index (κ2) is 5.54. The molecule has 0 atom stereocenters. The van der Waals surface area contributed by atoms with Gasteiger partial charge in [0, 0.05) is 11.6 Å². The molecule has 5 nitrogen and oxygen atoms in total. The van der Waals surface area contributed by atoms with E-state index in [2.05, 4.69) is 12.2 Å². The summed E-state index contributed by atoms with van der Waals surface area (Å²) in [6.45, 7) is 4.07. The highest BCUT2D eigenvalue weighted by Gasteiger charge is 2.27. The van der Waals surface area contributed by atoms with E-state index in [9.17, 15) is 13.2 Å². The molecule has 0 heterocycles. The molecule has 0 spiro atoms. The van der Waals surface area contributed by atoms with Crippen LogP contribution in [0.5, 0.6) is 0 Å². The topological polar surface area (TPSA) is 89.3 Å². The Morgan fingerprint density at radius 2 is 2.05 bits per heavy atom. The van der Waals surface area contributed by atoms with Crippen molar-refractivity contribution >= 4 is 15.9 Å². The fourth-order valence-corrected chi connectivity index (χ4v) is 3.08. The Hall–Kier alpha value is -1.40. The van der Waals surface area contributed by atoms with E-state index in [0.29, 0.717) is 17.9 Å². The van der Waals surface area contributed by atoms with Gasteiger partial charge in [-0.1, -0.05) is 19.9 Å². The third-order valence-corrected chi connectivity index (χ3v) is 4.66. The van der Waals surface area contributed by atoms with Crippen molar-refractivity contribution < 1.29 is 13.2 Å². The summed E-state index contributed by atoms with van der Waals surface area (Å²) in [7, 11) is -3.79. The molecule has 1 fully saturated rings. The van der Waals surface area contributed by atoms with Crippen LogP contribution >= 0.6 is 0 Å². The maximum atomic E-state index is 12.3. The van der Waals surface area contributed by atoms with E-state index in [1.54, 1.807) is 6.07 Å². The molecule has 1 aromatic carbocycles. The molecule has 1 aliphatic carbocycles. The first-order chi connectivity index (χ1) is 9.31. The van der Waals surface area contributed by atoms with E-state index in [1.807, 2.05) is 6.92 Å². The monoisotopic (exact) mass is 296 g/mol. The van der Waals surface area contributed by atoms with E-state index in [4.69, 9.17) is 5.14 Å². The second-order valence-corrected chi connectivity index (χ2v) is 7.03. The Morgan fingerprint density at radius 3 is 2.55 bits per heavy atom. The number of nitrogens with two attached hydrogens (primary N) is 1. The number of hydrogen-bond donors (Lipinski definition) is 2. The average Bonchev–Trinajstić information content (AvgIpc) is 2.35. The molecule has 6 heteroatoms. The van der Waals surface area contributed by atoms with Gasteiger partial charge in [0.2, 0.25) is 10.0 Å². The Labute approximate surface area is 119 Å². The van der Waals surface area contributed by atoms with Crippen LogP contribution in [0.3, 0.4) is 0 Å². The fraction of sp³-hybridized carbons (Fsp3) is 0.500. The van der Waals surface area contributed by atoms with Gasteiger partial charge in [0.05, 0.1) is 4.90 Å². The molecular weight excluding hydrogens is 276 g/mol. The number of aryl methyl sites for hydroxylation is 1. The van der Waals surface area contributed by atoms with Crippen molar-refractivity contribution in [2.24, 2.45) is 11.1 Å².